The van der Waals surface area contributed by atoms with Gasteiger partial charge in [-0.05, 0) is 80.1 Å². The Hall–Kier alpha value is -2.21. The van der Waals surface area contributed by atoms with Gasteiger partial charge in [-0.1, -0.05) is 36.2 Å². The lowest BCUT2D eigenvalue weighted by Gasteiger charge is -2.30. The van der Waals surface area contributed by atoms with Crippen LogP contribution in [-0.2, 0) is 27.8 Å². The maximum atomic E-state index is 13.7. The molecule has 208 valence electrons. The standard InChI is InChI=1S/C26H30ClF4N3O3S/c27-21-14-19(28)8-10-23(21)38(36,37)33-24(26(29,30)31)15-25(35)32-22-6-4-5-18-13-17(7-9-20(18)22)16-34-11-2-1-3-12-34/h7-10,13-14,22,24,33H,1-6,11-12,15-16H2,(H,32,35)/t22-,24-/m1/s1. The molecule has 1 aliphatic heterocycles. The molecule has 2 aromatic rings. The van der Waals surface area contributed by atoms with Crippen LogP contribution in [0.3, 0.4) is 0 Å². The van der Waals surface area contributed by atoms with Gasteiger partial charge in [0.1, 0.15) is 16.8 Å². The van der Waals surface area contributed by atoms with Gasteiger partial charge in [-0.25, -0.2) is 12.8 Å². The zero-order chi connectivity index (χ0) is 27.5. The molecular formula is C26H30ClF4N3O3S. The van der Waals surface area contributed by atoms with Crippen LogP contribution in [0.25, 0.3) is 0 Å². The molecule has 0 aromatic heterocycles. The van der Waals surface area contributed by atoms with Crippen molar-refractivity contribution in [3.63, 3.8) is 0 Å². The molecule has 1 fully saturated rings. The number of fused-ring (bicyclic) bond motifs is 1. The lowest BCUT2D eigenvalue weighted by atomic mass is 9.86. The first-order chi connectivity index (χ1) is 17.9. The molecule has 1 saturated heterocycles. The van der Waals surface area contributed by atoms with Crippen LogP contribution in [0.15, 0.2) is 41.3 Å². The lowest BCUT2D eigenvalue weighted by Crippen LogP contribution is -2.48. The number of nitrogens with one attached hydrogen (secondary N) is 2. The van der Waals surface area contributed by atoms with Crippen LogP contribution >= 0.6 is 11.6 Å². The fraction of sp³-hybridized carbons (Fsp3) is 0.500. The molecule has 2 aliphatic rings. The number of rotatable bonds is 8. The summed E-state index contributed by atoms with van der Waals surface area (Å²) in [5, 5.41) is 2.09. The number of amides is 1. The molecule has 2 N–H and O–H groups in total. The van der Waals surface area contributed by atoms with Crippen LogP contribution in [0.5, 0.6) is 0 Å². The molecule has 6 nitrogen and oxygen atoms in total. The number of carbonyl (C=O) groups is 1. The van der Waals surface area contributed by atoms with Crippen molar-refractivity contribution in [2.75, 3.05) is 13.1 Å². The minimum absolute atomic E-state index is 0.465. The fourth-order valence-corrected chi connectivity index (χ4v) is 6.85. The van der Waals surface area contributed by atoms with E-state index in [2.05, 4.69) is 16.3 Å². The quantitative estimate of drug-likeness (QED) is 0.421. The number of hydrogen-bond acceptors (Lipinski definition) is 4. The van der Waals surface area contributed by atoms with Crippen LogP contribution in [0.4, 0.5) is 17.6 Å². The highest BCUT2D eigenvalue weighted by Gasteiger charge is 2.44. The molecule has 0 radical (unpaired) electrons. The number of alkyl halides is 3. The van der Waals surface area contributed by atoms with Crippen molar-refractivity contribution in [3.8, 4) is 0 Å². The number of hydrogen-bond donors (Lipinski definition) is 2. The summed E-state index contributed by atoms with van der Waals surface area (Å²) in [5.74, 6) is -1.78. The van der Waals surface area contributed by atoms with Crippen LogP contribution < -0.4 is 10.0 Å². The number of likely N-dealkylation sites (tertiary alicyclic amines) is 1. The van der Waals surface area contributed by atoms with E-state index in [4.69, 9.17) is 11.6 Å². The van der Waals surface area contributed by atoms with Crippen molar-refractivity contribution >= 4 is 27.5 Å². The first-order valence-electron chi connectivity index (χ1n) is 12.6. The molecule has 0 unspecified atom stereocenters. The molecule has 2 aromatic carbocycles. The number of carbonyl (C=O) groups excluding carboxylic acids is 1. The van der Waals surface area contributed by atoms with Crippen LogP contribution in [-0.4, -0.2) is 44.5 Å². The van der Waals surface area contributed by atoms with E-state index >= 15 is 0 Å². The summed E-state index contributed by atoms with van der Waals surface area (Å²) in [6, 6.07) is 5.11. The van der Waals surface area contributed by atoms with Gasteiger partial charge in [-0.3, -0.25) is 9.69 Å². The molecule has 2 atom stereocenters. The Morgan fingerprint density at radius 2 is 1.82 bits per heavy atom. The number of benzene rings is 2. The summed E-state index contributed by atoms with van der Waals surface area (Å²) in [7, 11) is -4.79. The third-order valence-corrected chi connectivity index (χ3v) is 8.93. The Morgan fingerprint density at radius 3 is 2.50 bits per heavy atom. The maximum absolute atomic E-state index is 13.7. The van der Waals surface area contributed by atoms with E-state index in [1.807, 2.05) is 12.1 Å². The minimum atomic E-state index is -5.05. The Balaban J connectivity index is 1.44. The van der Waals surface area contributed by atoms with E-state index in [1.165, 1.54) is 29.5 Å². The Morgan fingerprint density at radius 1 is 1.08 bits per heavy atom. The minimum Gasteiger partial charge on any atom is -0.349 e. The van der Waals surface area contributed by atoms with E-state index in [-0.39, 0.29) is 0 Å². The van der Waals surface area contributed by atoms with Crippen LogP contribution in [0.1, 0.15) is 61.3 Å². The summed E-state index contributed by atoms with van der Waals surface area (Å²) in [5.41, 5.74) is 3.10. The fourth-order valence-electron chi connectivity index (χ4n) is 5.10. The van der Waals surface area contributed by atoms with Gasteiger partial charge in [0.2, 0.25) is 15.9 Å². The Kier molecular flexibility index (Phi) is 9.01. The number of nitrogens with zero attached hydrogens (tertiary/aromatic N) is 1. The summed E-state index contributed by atoms with van der Waals surface area (Å²) < 4.78 is 81.2. The van der Waals surface area contributed by atoms with Gasteiger partial charge in [0, 0.05) is 6.54 Å². The molecule has 4 rings (SSSR count). The predicted molar refractivity (Wildman–Crippen MR) is 136 cm³/mol. The van der Waals surface area contributed by atoms with Gasteiger partial charge in [-0.2, -0.15) is 17.9 Å². The molecular weight excluding hydrogens is 546 g/mol. The zero-order valence-electron chi connectivity index (χ0n) is 20.7. The van der Waals surface area contributed by atoms with Crippen molar-refractivity contribution in [1.29, 1.82) is 0 Å². The second kappa shape index (κ2) is 11.9. The highest BCUT2D eigenvalue weighted by atomic mass is 35.5. The first kappa shape index (κ1) is 28.8. The lowest BCUT2D eigenvalue weighted by molar-refractivity contribution is -0.158. The molecule has 1 amide bonds. The summed E-state index contributed by atoms with van der Waals surface area (Å²) in [6.45, 7) is 2.97. The molecule has 38 heavy (non-hydrogen) atoms. The van der Waals surface area contributed by atoms with Gasteiger partial charge in [0.25, 0.3) is 0 Å². The van der Waals surface area contributed by atoms with Gasteiger partial charge >= 0.3 is 6.18 Å². The van der Waals surface area contributed by atoms with E-state index in [9.17, 15) is 30.8 Å². The number of halogens is 5. The molecule has 0 bridgehead atoms. The average Bonchev–Trinajstić information content (AvgIpc) is 2.83. The monoisotopic (exact) mass is 575 g/mol. The highest BCUT2D eigenvalue weighted by Crippen LogP contribution is 2.32. The van der Waals surface area contributed by atoms with Crippen molar-refractivity contribution in [1.82, 2.24) is 14.9 Å². The third kappa shape index (κ3) is 7.25. The van der Waals surface area contributed by atoms with Crippen molar-refractivity contribution in [2.24, 2.45) is 0 Å². The van der Waals surface area contributed by atoms with Crippen LogP contribution in [0, 0.1) is 5.82 Å². The second-order valence-electron chi connectivity index (χ2n) is 9.88. The maximum Gasteiger partial charge on any atom is 0.405 e. The average molecular weight is 576 g/mol. The Labute approximate surface area is 224 Å². The van der Waals surface area contributed by atoms with Gasteiger partial charge in [0.05, 0.1) is 17.5 Å². The number of aryl methyl sites for hydroxylation is 1. The second-order valence-corrected chi connectivity index (χ2v) is 12.0. The summed E-state index contributed by atoms with van der Waals surface area (Å²) in [4.78, 5) is 14.4. The van der Waals surface area contributed by atoms with E-state index < -0.39 is 56.3 Å². The van der Waals surface area contributed by atoms with Crippen LogP contribution in [0.2, 0.25) is 5.02 Å². The van der Waals surface area contributed by atoms with E-state index in [1.54, 1.807) is 0 Å². The van der Waals surface area contributed by atoms with Crippen molar-refractivity contribution in [2.45, 2.75) is 74.6 Å². The normalized spacial score (nSPS) is 19.6. The SMILES string of the molecule is O=C(C[C@@H](NS(=O)(=O)c1ccc(F)cc1Cl)C(F)(F)F)N[C@@H]1CCCc2cc(CN3CCCCC3)ccc21. The summed E-state index contributed by atoms with van der Waals surface area (Å²) >= 11 is 5.74. The first-order valence-corrected chi connectivity index (χ1v) is 14.5. The largest absolute Gasteiger partial charge is 0.405 e. The molecule has 1 aliphatic carbocycles. The number of piperidine rings is 1. The topological polar surface area (TPSA) is 78.5 Å². The van der Waals surface area contributed by atoms with Gasteiger partial charge in [-0.15, -0.1) is 0 Å². The molecule has 1 heterocycles. The molecule has 0 saturated carbocycles. The number of sulfonamides is 1. The smallest absolute Gasteiger partial charge is 0.349 e. The van der Waals surface area contributed by atoms with Crippen molar-refractivity contribution < 1.29 is 30.8 Å². The van der Waals surface area contributed by atoms with E-state index in [0.717, 1.165) is 55.7 Å². The Bertz CT molecular complexity index is 1270. The zero-order valence-corrected chi connectivity index (χ0v) is 22.2. The predicted octanol–water partition coefficient (Wildman–Crippen LogP) is 5.26. The van der Waals surface area contributed by atoms with E-state index in [0.29, 0.717) is 12.5 Å². The molecule has 0 spiro atoms. The van der Waals surface area contributed by atoms with Gasteiger partial charge < -0.3 is 5.32 Å². The highest BCUT2D eigenvalue weighted by molar-refractivity contribution is 7.89. The third-order valence-electron chi connectivity index (χ3n) is 6.98. The summed E-state index contributed by atoms with van der Waals surface area (Å²) in [6.07, 6.45) is -0.430. The van der Waals surface area contributed by atoms with Crippen molar-refractivity contribution in [3.05, 3.63) is 63.9 Å². The molecule has 12 heteroatoms. The van der Waals surface area contributed by atoms with Gasteiger partial charge in [0.15, 0.2) is 0 Å².